The number of benzene rings is 2. The van der Waals surface area contributed by atoms with Gasteiger partial charge in [0.05, 0.1) is 13.3 Å². The second-order valence-corrected chi connectivity index (χ2v) is 9.00. The monoisotopic (exact) mass is 503 g/mol. The second-order valence-electron chi connectivity index (χ2n) is 7.15. The van der Waals surface area contributed by atoms with Gasteiger partial charge in [-0.2, -0.15) is 5.10 Å². The summed E-state index contributed by atoms with van der Waals surface area (Å²) in [6.45, 7) is 0. The smallest absolute Gasteiger partial charge is 0.323 e. The number of likely N-dealkylation sites (N-methyl/N-ethyl adjacent to an activating group) is 2. The van der Waals surface area contributed by atoms with Gasteiger partial charge in [-0.05, 0) is 29.8 Å². The number of amidine groups is 1. The SMILES string of the molecule is COc1cccc(/C=N/N2C(SCc3ccc(Br)cc3)=NC3C2N(C)C(=O)N3C)c1O. The fraction of sp³-hybridized carbons (Fsp3) is 0.286. The highest BCUT2D eigenvalue weighted by Gasteiger charge is 2.50. The van der Waals surface area contributed by atoms with Gasteiger partial charge in [0, 0.05) is 29.9 Å². The quantitative estimate of drug-likeness (QED) is 0.628. The molecule has 0 saturated carbocycles. The Morgan fingerprint density at radius 1 is 1.23 bits per heavy atom. The molecule has 31 heavy (non-hydrogen) atoms. The number of aliphatic imine (C=N–C) groups is 1. The first-order chi connectivity index (χ1) is 14.9. The molecule has 0 radical (unpaired) electrons. The zero-order valence-corrected chi connectivity index (χ0v) is 19.7. The van der Waals surface area contributed by atoms with Crippen LogP contribution < -0.4 is 4.74 Å². The van der Waals surface area contributed by atoms with Crippen LogP contribution in [0.25, 0.3) is 0 Å². The Balaban J connectivity index is 1.61. The van der Waals surface area contributed by atoms with Crippen molar-refractivity contribution >= 4 is 45.1 Å². The maximum atomic E-state index is 12.4. The number of nitrogens with zero attached hydrogens (tertiary/aromatic N) is 5. The minimum Gasteiger partial charge on any atom is -0.504 e. The third-order valence-corrected chi connectivity index (χ3v) is 6.76. The van der Waals surface area contributed by atoms with Crippen LogP contribution in [0.2, 0.25) is 0 Å². The molecule has 8 nitrogen and oxygen atoms in total. The van der Waals surface area contributed by atoms with Gasteiger partial charge in [0.25, 0.3) is 0 Å². The largest absolute Gasteiger partial charge is 0.504 e. The number of methoxy groups -OCH3 is 1. The molecule has 2 aliphatic rings. The number of rotatable bonds is 5. The molecule has 2 atom stereocenters. The molecule has 2 aromatic rings. The maximum absolute atomic E-state index is 12.4. The summed E-state index contributed by atoms with van der Waals surface area (Å²) >= 11 is 5.01. The van der Waals surface area contributed by atoms with Crippen LogP contribution >= 0.6 is 27.7 Å². The number of amides is 2. The van der Waals surface area contributed by atoms with Crippen LogP contribution in [-0.2, 0) is 5.75 Å². The molecular weight excluding hydrogens is 482 g/mol. The summed E-state index contributed by atoms with van der Waals surface area (Å²) in [5.74, 6) is 1.09. The van der Waals surface area contributed by atoms with E-state index in [1.54, 1.807) is 65.1 Å². The second kappa shape index (κ2) is 8.80. The van der Waals surface area contributed by atoms with E-state index in [1.807, 2.05) is 12.1 Å². The van der Waals surface area contributed by atoms with Crippen molar-refractivity contribution in [2.24, 2.45) is 10.1 Å². The number of thioether (sulfide) groups is 1. The molecule has 2 heterocycles. The Kier molecular flexibility index (Phi) is 6.10. The number of phenolic OH excluding ortho intramolecular Hbond substituents is 1. The number of fused-ring (bicyclic) bond motifs is 1. The van der Waals surface area contributed by atoms with E-state index in [0.717, 1.165) is 10.0 Å². The van der Waals surface area contributed by atoms with Crippen molar-refractivity contribution in [3.8, 4) is 11.5 Å². The number of carbonyl (C=O) groups is 1. The standard InChI is InChI=1S/C21H22BrN5O3S/c1-25-18-19(26(2)21(25)29)27(23-11-14-5-4-6-16(30-3)17(14)28)20(24-18)31-12-13-7-9-15(22)10-8-13/h4-11,18-19,28H,12H2,1-3H3/b23-11+. The van der Waals surface area contributed by atoms with E-state index in [1.165, 1.54) is 7.11 Å². The summed E-state index contributed by atoms with van der Waals surface area (Å²) < 4.78 is 6.20. The Morgan fingerprint density at radius 2 is 1.97 bits per heavy atom. The average molecular weight is 504 g/mol. The number of aromatic hydroxyl groups is 1. The van der Waals surface area contributed by atoms with Crippen LogP contribution in [0.15, 0.2) is 57.0 Å². The highest BCUT2D eigenvalue weighted by molar-refractivity contribution is 9.10. The summed E-state index contributed by atoms with van der Waals surface area (Å²) in [4.78, 5) is 20.4. The van der Waals surface area contributed by atoms with E-state index < -0.39 is 0 Å². The molecule has 4 rings (SSSR count). The predicted octanol–water partition coefficient (Wildman–Crippen LogP) is 3.75. The number of phenols is 1. The molecule has 0 bridgehead atoms. The number of urea groups is 1. The fourth-order valence-corrected chi connectivity index (χ4v) is 4.71. The lowest BCUT2D eigenvalue weighted by Gasteiger charge is -2.25. The van der Waals surface area contributed by atoms with Crippen molar-refractivity contribution < 1.29 is 14.6 Å². The molecular formula is C21H22BrN5O3S. The van der Waals surface area contributed by atoms with Crippen molar-refractivity contribution in [3.63, 3.8) is 0 Å². The summed E-state index contributed by atoms with van der Waals surface area (Å²) in [7, 11) is 4.98. The lowest BCUT2D eigenvalue weighted by molar-refractivity contribution is 0.172. The van der Waals surface area contributed by atoms with E-state index in [2.05, 4.69) is 33.2 Å². The highest BCUT2D eigenvalue weighted by atomic mass is 79.9. The zero-order valence-electron chi connectivity index (χ0n) is 17.3. The first-order valence-electron chi connectivity index (χ1n) is 9.54. The number of ether oxygens (including phenoxy) is 1. The number of para-hydroxylation sites is 1. The first-order valence-corrected chi connectivity index (χ1v) is 11.3. The Labute approximate surface area is 193 Å². The van der Waals surface area contributed by atoms with Crippen LogP contribution in [0.4, 0.5) is 4.79 Å². The molecule has 0 aliphatic carbocycles. The summed E-state index contributed by atoms with van der Waals surface area (Å²) in [6.07, 6.45) is 0.863. The summed E-state index contributed by atoms with van der Waals surface area (Å²) in [5, 5.41) is 17.4. The first kappa shape index (κ1) is 21.5. The van der Waals surface area contributed by atoms with Gasteiger partial charge in [-0.25, -0.2) is 14.8 Å². The minimum absolute atomic E-state index is 0.0125. The molecule has 2 unspecified atom stereocenters. The minimum atomic E-state index is -0.353. The van der Waals surface area contributed by atoms with Crippen LogP contribution in [0, 0.1) is 0 Å². The normalized spacial score (nSPS) is 20.6. The molecule has 0 aromatic heterocycles. The highest BCUT2D eigenvalue weighted by Crippen LogP contribution is 2.35. The molecule has 1 fully saturated rings. The molecule has 2 amide bonds. The van der Waals surface area contributed by atoms with Gasteiger partial charge in [-0.3, -0.25) is 0 Å². The van der Waals surface area contributed by atoms with Gasteiger partial charge in [0.2, 0.25) is 0 Å². The van der Waals surface area contributed by atoms with Gasteiger partial charge < -0.3 is 19.6 Å². The van der Waals surface area contributed by atoms with Crippen LogP contribution in [0.1, 0.15) is 11.1 Å². The Morgan fingerprint density at radius 3 is 2.68 bits per heavy atom. The maximum Gasteiger partial charge on any atom is 0.323 e. The van der Waals surface area contributed by atoms with E-state index in [0.29, 0.717) is 22.2 Å². The van der Waals surface area contributed by atoms with Crippen LogP contribution in [-0.4, -0.2) is 70.9 Å². The lowest BCUT2D eigenvalue weighted by atomic mass is 10.2. The number of hydrogen-bond acceptors (Lipinski definition) is 7. The van der Waals surface area contributed by atoms with Gasteiger partial charge in [0.1, 0.15) is 0 Å². The molecule has 162 valence electrons. The molecule has 1 N–H and O–H groups in total. The summed E-state index contributed by atoms with van der Waals surface area (Å²) in [6, 6.07) is 13.2. The number of hydrogen-bond donors (Lipinski definition) is 1. The number of hydrazone groups is 1. The number of halogens is 1. The molecule has 2 aromatic carbocycles. The van der Waals surface area contributed by atoms with Gasteiger partial charge in [-0.1, -0.05) is 45.9 Å². The lowest BCUT2D eigenvalue weighted by Crippen LogP contribution is -2.43. The summed E-state index contributed by atoms with van der Waals surface area (Å²) in [5.41, 5.74) is 1.67. The molecule has 1 saturated heterocycles. The Bertz CT molecular complexity index is 1050. The van der Waals surface area contributed by atoms with E-state index >= 15 is 0 Å². The van der Waals surface area contributed by atoms with E-state index in [4.69, 9.17) is 9.73 Å². The molecule has 10 heteroatoms. The van der Waals surface area contributed by atoms with Crippen LogP contribution in [0.5, 0.6) is 11.5 Å². The fourth-order valence-electron chi connectivity index (χ4n) is 3.49. The van der Waals surface area contributed by atoms with Crippen molar-refractivity contribution in [1.29, 1.82) is 0 Å². The van der Waals surface area contributed by atoms with Gasteiger partial charge in [0.15, 0.2) is 29.0 Å². The van der Waals surface area contributed by atoms with E-state index in [9.17, 15) is 9.90 Å². The van der Waals surface area contributed by atoms with Crippen molar-refractivity contribution in [1.82, 2.24) is 14.8 Å². The van der Waals surface area contributed by atoms with Gasteiger partial charge >= 0.3 is 6.03 Å². The van der Waals surface area contributed by atoms with Crippen molar-refractivity contribution in [2.75, 3.05) is 21.2 Å². The van der Waals surface area contributed by atoms with Crippen molar-refractivity contribution in [3.05, 3.63) is 58.1 Å². The third-order valence-electron chi connectivity index (χ3n) is 5.21. The molecule has 2 aliphatic heterocycles. The average Bonchev–Trinajstić information content (AvgIpc) is 3.23. The van der Waals surface area contributed by atoms with Crippen LogP contribution in [0.3, 0.4) is 0 Å². The number of carbonyl (C=O) groups excluding carboxylic acids is 1. The molecule has 0 spiro atoms. The zero-order chi connectivity index (χ0) is 22.1. The third kappa shape index (κ3) is 4.09. The predicted molar refractivity (Wildman–Crippen MR) is 125 cm³/mol. The topological polar surface area (TPSA) is 81.0 Å². The van der Waals surface area contributed by atoms with Crippen molar-refractivity contribution in [2.45, 2.75) is 18.1 Å². The van der Waals surface area contributed by atoms with E-state index in [-0.39, 0.29) is 24.1 Å². The van der Waals surface area contributed by atoms with Gasteiger partial charge in [-0.15, -0.1) is 0 Å². The Hall–Kier alpha value is -2.72.